The first-order valence-corrected chi connectivity index (χ1v) is 19.3. The number of furan rings is 2. The topological polar surface area (TPSA) is 29.5 Å². The van der Waals surface area contributed by atoms with E-state index in [4.69, 9.17) is 8.83 Å². The first-order valence-electron chi connectivity index (χ1n) is 19.3. The number of hydrogen-bond acceptors (Lipinski definition) is 3. The summed E-state index contributed by atoms with van der Waals surface area (Å²) in [7, 11) is 0. The molecule has 11 aromatic rings. The molecule has 0 fully saturated rings. The highest BCUT2D eigenvalue weighted by atomic mass is 16.3. The van der Waals surface area contributed by atoms with Gasteiger partial charge in [0.15, 0.2) is 5.58 Å². The highest BCUT2D eigenvalue weighted by Gasteiger charge is 2.24. The van der Waals surface area contributed by atoms with E-state index in [0.717, 1.165) is 99.9 Å². The third-order valence-electron chi connectivity index (χ3n) is 11.1. The zero-order chi connectivity index (χ0) is 37.7. The van der Waals surface area contributed by atoms with Gasteiger partial charge in [0.2, 0.25) is 0 Å². The average molecular weight is 730 g/mol. The molecule has 268 valence electrons. The summed E-state index contributed by atoms with van der Waals surface area (Å²) in [5.41, 5.74) is 15.6. The fourth-order valence-corrected chi connectivity index (χ4v) is 8.31. The zero-order valence-electron chi connectivity index (χ0n) is 31.0. The third-order valence-corrected chi connectivity index (χ3v) is 11.1. The minimum atomic E-state index is 0.848. The molecule has 57 heavy (non-hydrogen) atoms. The fraction of sp³-hybridized carbons (Fsp3) is 0. The molecule has 0 amide bonds. The maximum atomic E-state index is 6.81. The molecule has 0 atom stereocenters. The predicted octanol–water partition coefficient (Wildman–Crippen LogP) is 15.6. The second kappa shape index (κ2) is 13.6. The number of fused-ring (bicyclic) bond motifs is 6. The maximum absolute atomic E-state index is 6.81. The first-order chi connectivity index (χ1) is 28.3. The van der Waals surface area contributed by atoms with E-state index >= 15 is 0 Å². The summed E-state index contributed by atoms with van der Waals surface area (Å²) in [5, 5.41) is 4.40. The standard InChI is InChI=1S/C54H35NO2/c1-4-13-36(14-5-1)37-23-28-42(29-24-37)55(52-44(39-15-6-2-7-16-39)32-33-48-46-19-10-11-22-50(46)57-54(48)52)43-30-25-38(26-31-43)41-27-34-51-49(35-41)47-21-12-20-45(53(47)56-51)40-17-8-3-9-18-40/h1-35H. The second-order valence-corrected chi connectivity index (χ2v) is 14.5. The van der Waals surface area contributed by atoms with Crippen molar-refractivity contribution < 1.29 is 8.83 Å². The van der Waals surface area contributed by atoms with Gasteiger partial charge in [-0.1, -0.05) is 164 Å². The third kappa shape index (κ3) is 5.68. The minimum absolute atomic E-state index is 0.848. The lowest BCUT2D eigenvalue weighted by atomic mass is 9.98. The van der Waals surface area contributed by atoms with Gasteiger partial charge in [-0.3, -0.25) is 0 Å². The van der Waals surface area contributed by atoms with E-state index in [1.165, 1.54) is 5.56 Å². The average Bonchev–Trinajstić information content (AvgIpc) is 3.86. The van der Waals surface area contributed by atoms with Crippen molar-refractivity contribution in [2.24, 2.45) is 0 Å². The maximum Gasteiger partial charge on any atom is 0.160 e. The van der Waals surface area contributed by atoms with Crippen LogP contribution in [0.15, 0.2) is 221 Å². The second-order valence-electron chi connectivity index (χ2n) is 14.5. The van der Waals surface area contributed by atoms with E-state index < -0.39 is 0 Å². The Bertz CT molecular complexity index is 3200. The molecule has 3 nitrogen and oxygen atoms in total. The molecule has 0 aliphatic carbocycles. The van der Waals surface area contributed by atoms with E-state index in [9.17, 15) is 0 Å². The lowest BCUT2D eigenvalue weighted by Crippen LogP contribution is -2.11. The summed E-state index contributed by atoms with van der Waals surface area (Å²) in [5.74, 6) is 0. The Morgan fingerprint density at radius 1 is 0.281 bits per heavy atom. The van der Waals surface area contributed by atoms with Gasteiger partial charge in [-0.2, -0.15) is 0 Å². The molecule has 3 heteroatoms. The van der Waals surface area contributed by atoms with E-state index in [2.05, 4.69) is 205 Å². The number of hydrogen-bond donors (Lipinski definition) is 0. The van der Waals surface area contributed by atoms with Crippen LogP contribution in [0.1, 0.15) is 0 Å². The number of nitrogens with zero attached hydrogens (tertiary/aromatic N) is 1. The Kier molecular flexibility index (Phi) is 7.82. The van der Waals surface area contributed by atoms with Crippen LogP contribution < -0.4 is 4.90 Å². The molecule has 0 radical (unpaired) electrons. The summed E-state index contributed by atoms with van der Waals surface area (Å²) in [6.45, 7) is 0. The SMILES string of the molecule is c1ccc(-c2ccc(N(c3ccc(-c4ccc5oc6c(-c7ccccc7)cccc6c5c4)cc3)c3c(-c4ccccc4)ccc4c3oc3ccccc34)cc2)cc1. The molecule has 0 saturated heterocycles. The molecule has 0 saturated carbocycles. The largest absolute Gasteiger partial charge is 0.455 e. The monoisotopic (exact) mass is 729 g/mol. The van der Waals surface area contributed by atoms with Crippen LogP contribution in [-0.2, 0) is 0 Å². The van der Waals surface area contributed by atoms with Crippen LogP contribution in [0, 0.1) is 0 Å². The van der Waals surface area contributed by atoms with Gasteiger partial charge >= 0.3 is 0 Å². The van der Waals surface area contributed by atoms with Crippen molar-refractivity contribution in [1.82, 2.24) is 0 Å². The van der Waals surface area contributed by atoms with E-state index in [1.807, 2.05) is 12.1 Å². The van der Waals surface area contributed by atoms with Crippen molar-refractivity contribution in [3.05, 3.63) is 212 Å². The molecule has 0 spiro atoms. The van der Waals surface area contributed by atoms with Crippen LogP contribution in [0.2, 0.25) is 0 Å². The van der Waals surface area contributed by atoms with Crippen molar-refractivity contribution >= 4 is 60.9 Å². The molecule has 9 aromatic carbocycles. The smallest absolute Gasteiger partial charge is 0.160 e. The van der Waals surface area contributed by atoms with E-state index in [0.29, 0.717) is 0 Å². The lowest BCUT2D eigenvalue weighted by molar-refractivity contribution is 0.669. The van der Waals surface area contributed by atoms with Gasteiger partial charge in [-0.15, -0.1) is 0 Å². The molecule has 0 aliphatic heterocycles. The Hall–Kier alpha value is -7.62. The van der Waals surface area contributed by atoms with Gasteiger partial charge in [-0.25, -0.2) is 0 Å². The van der Waals surface area contributed by atoms with Crippen LogP contribution in [0.3, 0.4) is 0 Å². The number of rotatable bonds is 7. The number of para-hydroxylation sites is 2. The summed E-state index contributed by atoms with van der Waals surface area (Å²) in [6.07, 6.45) is 0. The molecular weight excluding hydrogens is 695 g/mol. The Labute approximate surface area is 330 Å². The van der Waals surface area contributed by atoms with E-state index in [-0.39, 0.29) is 0 Å². The van der Waals surface area contributed by atoms with Crippen LogP contribution in [0.5, 0.6) is 0 Å². The van der Waals surface area contributed by atoms with Gasteiger partial charge in [0, 0.05) is 44.0 Å². The first kappa shape index (κ1) is 32.8. The molecular formula is C54H35NO2. The van der Waals surface area contributed by atoms with Gasteiger partial charge < -0.3 is 13.7 Å². The molecule has 0 bridgehead atoms. The zero-order valence-corrected chi connectivity index (χ0v) is 31.0. The molecule has 2 aromatic heterocycles. The number of anilines is 3. The Balaban J connectivity index is 1.07. The number of benzene rings is 9. The van der Waals surface area contributed by atoms with Crippen molar-refractivity contribution in [2.45, 2.75) is 0 Å². The van der Waals surface area contributed by atoms with Crippen molar-refractivity contribution in [3.8, 4) is 44.5 Å². The van der Waals surface area contributed by atoms with Crippen molar-refractivity contribution in [3.63, 3.8) is 0 Å². The van der Waals surface area contributed by atoms with Gasteiger partial charge in [0.1, 0.15) is 16.7 Å². The van der Waals surface area contributed by atoms with E-state index in [1.54, 1.807) is 0 Å². The van der Waals surface area contributed by atoms with Crippen LogP contribution in [-0.4, -0.2) is 0 Å². The minimum Gasteiger partial charge on any atom is -0.455 e. The van der Waals surface area contributed by atoms with Gasteiger partial charge in [0.25, 0.3) is 0 Å². The molecule has 0 N–H and O–H groups in total. The van der Waals surface area contributed by atoms with Crippen LogP contribution in [0.25, 0.3) is 88.4 Å². The van der Waals surface area contributed by atoms with Crippen molar-refractivity contribution in [1.29, 1.82) is 0 Å². The van der Waals surface area contributed by atoms with Crippen LogP contribution in [0.4, 0.5) is 17.1 Å². The molecule has 0 aliphatic rings. The summed E-state index contributed by atoms with van der Waals surface area (Å²) < 4.78 is 13.3. The summed E-state index contributed by atoms with van der Waals surface area (Å²) >= 11 is 0. The molecule has 0 unspecified atom stereocenters. The van der Waals surface area contributed by atoms with Crippen LogP contribution >= 0.6 is 0 Å². The Morgan fingerprint density at radius 3 is 1.46 bits per heavy atom. The van der Waals surface area contributed by atoms with Gasteiger partial charge in [0.05, 0.1) is 5.69 Å². The normalized spacial score (nSPS) is 11.5. The molecule has 2 heterocycles. The quantitative estimate of drug-likeness (QED) is 0.164. The van der Waals surface area contributed by atoms with Gasteiger partial charge in [-0.05, 0) is 81.9 Å². The fourth-order valence-electron chi connectivity index (χ4n) is 8.31. The molecule has 11 rings (SSSR count). The highest BCUT2D eigenvalue weighted by Crippen LogP contribution is 2.48. The predicted molar refractivity (Wildman–Crippen MR) is 237 cm³/mol. The van der Waals surface area contributed by atoms with Crippen molar-refractivity contribution in [2.75, 3.05) is 4.90 Å². The lowest BCUT2D eigenvalue weighted by Gasteiger charge is -2.28. The summed E-state index contributed by atoms with van der Waals surface area (Å²) in [4.78, 5) is 2.35. The Morgan fingerprint density at radius 2 is 0.772 bits per heavy atom. The summed E-state index contributed by atoms with van der Waals surface area (Å²) in [6, 6.07) is 75.0. The highest BCUT2D eigenvalue weighted by molar-refractivity contribution is 6.14.